The van der Waals surface area contributed by atoms with Crippen LogP contribution in [0.25, 0.3) is 10.9 Å². The lowest BCUT2D eigenvalue weighted by Gasteiger charge is -2.29. The van der Waals surface area contributed by atoms with Gasteiger partial charge in [0.15, 0.2) is 0 Å². The Morgan fingerprint density at radius 1 is 0.581 bits per heavy atom. The smallest absolute Gasteiger partial charge is 0.327 e. The van der Waals surface area contributed by atoms with E-state index in [1.165, 1.54) is 31.2 Å². The lowest BCUT2D eigenvalue weighted by Crippen LogP contribution is -2.62. The predicted octanol–water partition coefficient (Wildman–Crippen LogP) is 1.33. The number of hydrogen-bond donors (Lipinski definition) is 16. The number of nitrogens with one attached hydrogen (secondary N) is 11. The molecule has 0 unspecified atom stereocenters. The molecule has 0 radical (unpaired) electrons. The number of phenols is 1. The summed E-state index contributed by atoms with van der Waals surface area (Å²) in [5.74, 6) is -9.71. The highest BCUT2D eigenvalue weighted by molar-refractivity contribution is 8.76. The van der Waals surface area contributed by atoms with Crippen molar-refractivity contribution in [3.05, 3.63) is 167 Å². The highest BCUT2D eigenvalue weighted by Gasteiger charge is 2.37. The number of primary amides is 1. The molecular weight excluding hydrogens is 1230 g/mol. The molecule has 5 aromatic carbocycles. The summed E-state index contributed by atoms with van der Waals surface area (Å²) in [6.45, 7) is 1.44. The van der Waals surface area contributed by atoms with Gasteiger partial charge in [0.2, 0.25) is 47.3 Å². The predicted molar refractivity (Wildman–Crippen MR) is 353 cm³/mol. The number of carboxylic acids is 1. The van der Waals surface area contributed by atoms with Gasteiger partial charge >= 0.3 is 12.0 Å². The van der Waals surface area contributed by atoms with Gasteiger partial charge in [-0.05, 0) is 90.9 Å². The van der Waals surface area contributed by atoms with Gasteiger partial charge in [0, 0.05) is 73.4 Å². The number of fused-ring (bicyclic) bond motifs is 1. The first-order valence-corrected chi connectivity index (χ1v) is 32.7. The number of H-pyrrole nitrogens is 1. The van der Waals surface area contributed by atoms with Crippen LogP contribution in [0.2, 0.25) is 0 Å². The summed E-state index contributed by atoms with van der Waals surface area (Å²) >= 11 is 0. The Kier molecular flexibility index (Phi) is 26.8. The Morgan fingerprint density at radius 3 is 1.63 bits per heavy atom. The average Bonchev–Trinajstić information content (AvgIpc) is 2.36. The molecule has 1 aliphatic heterocycles. The van der Waals surface area contributed by atoms with E-state index in [2.05, 4.69) is 58.2 Å². The molecule has 28 heteroatoms. The normalized spacial score (nSPS) is 21.6. The first kappa shape index (κ1) is 70.8. The maximum absolute atomic E-state index is 15.3. The molecule has 0 spiro atoms. The highest BCUT2D eigenvalue weighted by atomic mass is 33.1. The number of benzene rings is 5. The van der Waals surface area contributed by atoms with Crippen LogP contribution in [0.15, 0.2) is 140 Å². The zero-order valence-electron chi connectivity index (χ0n) is 51.2. The number of amides is 10. The van der Waals surface area contributed by atoms with E-state index in [0.29, 0.717) is 45.1 Å². The Bertz CT molecular complexity index is 3530. The van der Waals surface area contributed by atoms with Crippen molar-refractivity contribution in [2.45, 2.75) is 119 Å². The van der Waals surface area contributed by atoms with E-state index in [9.17, 15) is 44.1 Å². The van der Waals surface area contributed by atoms with E-state index >= 15 is 19.2 Å². The summed E-state index contributed by atoms with van der Waals surface area (Å²) < 4.78 is 0. The van der Waals surface area contributed by atoms with Crippen molar-refractivity contribution in [3.63, 3.8) is 0 Å². The third kappa shape index (κ3) is 21.8. The van der Waals surface area contributed by atoms with Crippen molar-refractivity contribution >= 4 is 97.4 Å². The average molecular weight is 1310 g/mol. The molecular formula is C65H79N13O13S2. The van der Waals surface area contributed by atoms with Gasteiger partial charge < -0.3 is 84.9 Å². The van der Waals surface area contributed by atoms with Gasteiger partial charge in [0.1, 0.15) is 60.1 Å². The van der Waals surface area contributed by atoms with Gasteiger partial charge in [0.05, 0.1) is 6.10 Å². The van der Waals surface area contributed by atoms with E-state index < -0.39 is 120 Å². The SMILES string of the molecule is CNc1ccc(C[C@@H]2NC(=O)[C@H](Cc3ccccc3)NC(=O)[C@@H](NC(=O)[C@H](Cc3ccc(O)cc3)NC(N)=O)CSSC[C@@H](C(=O)O)NC(=O)[C@H](Cc3ccccc3)NC(=O)[C@H]([C@@H](C)O)NC(=O)[C@H](CCCCN)NC(=O)[C@H](Cc3c[nH]c4ccccc34)NC2=O)cc1. The van der Waals surface area contributed by atoms with E-state index in [1.807, 2.05) is 18.2 Å². The number of aliphatic carboxylic acids is 1. The Balaban J connectivity index is 1.32. The topological polar surface area (TPSA) is 420 Å². The minimum Gasteiger partial charge on any atom is -0.508 e. The van der Waals surface area contributed by atoms with E-state index in [4.69, 9.17) is 11.5 Å². The van der Waals surface area contributed by atoms with Gasteiger partial charge in [0.25, 0.3) is 0 Å². The largest absolute Gasteiger partial charge is 0.508 e. The van der Waals surface area contributed by atoms with Crippen molar-refractivity contribution in [1.82, 2.24) is 52.8 Å². The minimum absolute atomic E-state index is 0.0480. The van der Waals surface area contributed by atoms with Crippen LogP contribution in [0.5, 0.6) is 5.75 Å². The van der Waals surface area contributed by atoms with Crippen LogP contribution in [-0.2, 0) is 75.3 Å². The number of aliphatic hydroxyl groups excluding tert-OH is 1. The fourth-order valence-electron chi connectivity index (χ4n) is 10.3. The van der Waals surface area contributed by atoms with E-state index in [0.717, 1.165) is 27.3 Å². The van der Waals surface area contributed by atoms with E-state index in [1.54, 1.807) is 104 Å². The maximum Gasteiger partial charge on any atom is 0.327 e. The number of aromatic hydroxyl groups is 1. The Hall–Kier alpha value is -9.64. The first-order chi connectivity index (χ1) is 44.7. The molecule has 0 saturated carbocycles. The van der Waals surface area contributed by atoms with Crippen LogP contribution in [-0.4, -0.2) is 165 Å². The van der Waals surface area contributed by atoms with Gasteiger partial charge in [-0.25, -0.2) is 9.59 Å². The zero-order valence-corrected chi connectivity index (χ0v) is 52.9. The van der Waals surface area contributed by atoms with Gasteiger partial charge in [-0.1, -0.05) is 125 Å². The summed E-state index contributed by atoms with van der Waals surface area (Å²) in [7, 11) is 3.50. The van der Waals surface area contributed by atoms with Crippen LogP contribution in [0.1, 0.15) is 54.0 Å². The molecule has 0 aliphatic carbocycles. The first-order valence-electron chi connectivity index (χ1n) is 30.2. The molecule has 6 aromatic rings. The van der Waals surface area contributed by atoms with Crippen molar-refractivity contribution in [2.75, 3.05) is 30.4 Å². The number of phenolic OH excluding ortho intramolecular Hbond substituents is 1. The molecule has 1 saturated heterocycles. The molecule has 7 rings (SSSR count). The summed E-state index contributed by atoms with van der Waals surface area (Å²) in [5.41, 5.74) is 15.6. The quantitative estimate of drug-likeness (QED) is 0.0379. The second kappa shape index (κ2) is 35.3. The van der Waals surface area contributed by atoms with Gasteiger partial charge in [-0.15, -0.1) is 0 Å². The molecule has 26 nitrogen and oxygen atoms in total. The van der Waals surface area contributed by atoms with Gasteiger partial charge in [-0.2, -0.15) is 0 Å². The summed E-state index contributed by atoms with van der Waals surface area (Å²) in [6.07, 6.45) is -0.227. The molecule has 1 aromatic heterocycles. The van der Waals surface area contributed by atoms with Crippen LogP contribution < -0.4 is 64.6 Å². The van der Waals surface area contributed by atoms with Crippen molar-refractivity contribution in [1.29, 1.82) is 0 Å². The molecule has 1 fully saturated rings. The van der Waals surface area contributed by atoms with Crippen molar-refractivity contribution in [2.24, 2.45) is 11.5 Å². The fraction of sp³-hybridized carbons (Fsp3) is 0.354. The number of hydrogen-bond acceptors (Lipinski definition) is 16. The zero-order chi connectivity index (χ0) is 67.0. The number of carbonyl (C=O) groups is 10. The molecule has 494 valence electrons. The van der Waals surface area contributed by atoms with Crippen LogP contribution in [0.3, 0.4) is 0 Å². The number of carbonyl (C=O) groups excluding carboxylic acids is 9. The van der Waals surface area contributed by atoms with Crippen LogP contribution in [0.4, 0.5) is 10.5 Å². The number of aliphatic hydroxyl groups is 1. The molecule has 0 bridgehead atoms. The molecule has 10 atom stereocenters. The Labute approximate surface area is 544 Å². The third-order valence-electron chi connectivity index (χ3n) is 15.3. The van der Waals surface area contributed by atoms with Crippen LogP contribution >= 0.6 is 21.6 Å². The summed E-state index contributed by atoms with van der Waals surface area (Å²) in [5, 5.41) is 59.3. The number of aromatic amines is 1. The van der Waals surface area contributed by atoms with Crippen LogP contribution in [0, 0.1) is 0 Å². The third-order valence-corrected chi connectivity index (χ3v) is 17.8. The molecule has 10 amide bonds. The van der Waals surface area contributed by atoms with Crippen molar-refractivity contribution in [3.8, 4) is 5.75 Å². The fourth-order valence-corrected chi connectivity index (χ4v) is 12.6. The second-order valence-electron chi connectivity index (χ2n) is 22.4. The lowest BCUT2D eigenvalue weighted by atomic mass is 10.00. The summed E-state index contributed by atoms with van der Waals surface area (Å²) in [6, 6.07) is 22.0. The number of urea groups is 1. The van der Waals surface area contributed by atoms with E-state index in [-0.39, 0.29) is 68.7 Å². The number of unbranched alkanes of at least 4 members (excludes halogenated alkanes) is 1. The number of carboxylic acid groups (broad SMARTS) is 1. The monoisotopic (exact) mass is 1310 g/mol. The number of para-hydroxylation sites is 1. The Morgan fingerprint density at radius 2 is 1.08 bits per heavy atom. The van der Waals surface area contributed by atoms with Crippen molar-refractivity contribution < 1.29 is 63.3 Å². The summed E-state index contributed by atoms with van der Waals surface area (Å²) in [4.78, 5) is 147. The highest BCUT2D eigenvalue weighted by Crippen LogP contribution is 2.25. The number of rotatable bonds is 20. The standard InChI is InChI=1S/C65H79N13O13S2/c1-37(79)55-63(88)74-50(30-39-15-7-4-8-16-39)59(84)76-54(64(89)90)36-93-92-35-53(75-60(85)51(77-65(67)91)32-41-22-26-44(80)27-23-41)62(87)72-48(29-38-13-5-3-6-14-38)57(82)71-49(31-40-20-24-43(68-2)25-21-40)58(83)73-52(33-42-34-69-46-18-10-9-17-45(42)46)61(86)70-47(56(81)78-55)19-11-12-28-66/h3-10,13-18,20-27,34,37,47-55,68-69,79-80H,11-12,19,28-33,35-36,66H2,1-2H3,(H,70,86)(H,71,82)(H,72,87)(H,73,83)(H,74,88)(H,75,85)(H,76,84)(H,78,81)(H,89,90)(H3,67,77,91)/t37-,47+,48+,49+,50+,51+,52+,53+,54+,55+/m1/s1. The van der Waals surface area contributed by atoms with Gasteiger partial charge in [-0.3, -0.25) is 38.4 Å². The molecule has 93 heavy (non-hydrogen) atoms. The number of nitrogens with two attached hydrogens (primary N) is 2. The molecule has 18 N–H and O–H groups in total. The molecule has 1 aliphatic rings. The number of anilines is 1. The second-order valence-corrected chi connectivity index (χ2v) is 24.9. The maximum atomic E-state index is 15.3. The minimum atomic E-state index is -1.77. The lowest BCUT2D eigenvalue weighted by molar-refractivity contribution is -0.141. The number of aromatic nitrogens is 1. The molecule has 2 heterocycles.